The van der Waals surface area contributed by atoms with Crippen molar-refractivity contribution in [1.29, 1.82) is 0 Å². The van der Waals surface area contributed by atoms with Crippen molar-refractivity contribution < 1.29 is 19.4 Å². The Kier molecular flexibility index (Phi) is 3.45. The Labute approximate surface area is 145 Å². The standard InChI is InChI=1S/C17H13BrN2O4/c1-9-6-11(18)16-19-14(15(17(21)22)20(16)8-9)10-2-3-12-13(7-10)24-5-4-23-12/h2-3,6-8H,4-5H2,1H3,(H,21,22). The Morgan fingerprint density at radius 3 is 2.75 bits per heavy atom. The highest BCUT2D eigenvalue weighted by Gasteiger charge is 2.23. The fourth-order valence-corrected chi connectivity index (χ4v) is 3.47. The number of halogens is 1. The maximum atomic E-state index is 11.8. The molecule has 0 atom stereocenters. The van der Waals surface area contributed by atoms with E-state index in [1.165, 1.54) is 0 Å². The summed E-state index contributed by atoms with van der Waals surface area (Å²) in [6.45, 7) is 2.88. The normalized spacial score (nSPS) is 13.2. The summed E-state index contributed by atoms with van der Waals surface area (Å²) in [6, 6.07) is 7.24. The highest BCUT2D eigenvalue weighted by atomic mass is 79.9. The van der Waals surface area contributed by atoms with Crippen molar-refractivity contribution in [2.24, 2.45) is 0 Å². The number of rotatable bonds is 2. The second-order valence-corrected chi connectivity index (χ2v) is 6.39. The van der Waals surface area contributed by atoms with E-state index in [0.29, 0.717) is 41.6 Å². The summed E-state index contributed by atoms with van der Waals surface area (Å²) in [5.41, 5.74) is 2.67. The van der Waals surface area contributed by atoms with Crippen LogP contribution in [0.5, 0.6) is 11.5 Å². The van der Waals surface area contributed by atoms with E-state index >= 15 is 0 Å². The van der Waals surface area contributed by atoms with Gasteiger partial charge >= 0.3 is 5.97 Å². The molecule has 0 bridgehead atoms. The highest BCUT2D eigenvalue weighted by Crippen LogP contribution is 2.36. The Morgan fingerprint density at radius 1 is 1.25 bits per heavy atom. The molecular weight excluding hydrogens is 376 g/mol. The van der Waals surface area contributed by atoms with Crippen LogP contribution in [0.2, 0.25) is 0 Å². The van der Waals surface area contributed by atoms with Crippen LogP contribution in [-0.4, -0.2) is 33.7 Å². The minimum absolute atomic E-state index is 0.117. The molecule has 2 aromatic heterocycles. The molecule has 0 saturated carbocycles. The molecule has 1 aliphatic rings. The number of imidazole rings is 1. The molecule has 3 aromatic rings. The lowest BCUT2D eigenvalue weighted by Gasteiger charge is -2.18. The molecule has 1 aliphatic heterocycles. The molecule has 122 valence electrons. The highest BCUT2D eigenvalue weighted by molar-refractivity contribution is 9.10. The maximum Gasteiger partial charge on any atom is 0.355 e. The molecule has 0 saturated heterocycles. The van der Waals surface area contributed by atoms with Gasteiger partial charge in [-0.2, -0.15) is 0 Å². The number of hydrogen-bond donors (Lipinski definition) is 1. The molecule has 0 amide bonds. The van der Waals surface area contributed by atoms with Gasteiger partial charge in [-0.05, 0) is 52.7 Å². The van der Waals surface area contributed by atoms with Gasteiger partial charge in [0.1, 0.15) is 18.9 Å². The van der Waals surface area contributed by atoms with Crippen molar-refractivity contribution in [3.63, 3.8) is 0 Å². The molecule has 1 aromatic carbocycles. The van der Waals surface area contributed by atoms with Crippen LogP contribution in [0, 0.1) is 6.92 Å². The number of hydrogen-bond acceptors (Lipinski definition) is 4. The number of aromatic carboxylic acids is 1. The Morgan fingerprint density at radius 2 is 2.00 bits per heavy atom. The number of fused-ring (bicyclic) bond motifs is 2. The minimum atomic E-state index is -1.04. The van der Waals surface area contributed by atoms with Crippen LogP contribution < -0.4 is 9.47 Å². The molecule has 6 nitrogen and oxygen atoms in total. The van der Waals surface area contributed by atoms with Gasteiger partial charge in [-0.25, -0.2) is 9.78 Å². The van der Waals surface area contributed by atoms with Gasteiger partial charge in [0.25, 0.3) is 0 Å². The Balaban J connectivity index is 1.98. The number of carbonyl (C=O) groups is 1. The molecule has 7 heteroatoms. The lowest BCUT2D eigenvalue weighted by atomic mass is 10.1. The predicted octanol–water partition coefficient (Wildman–Crippen LogP) is 3.54. The lowest BCUT2D eigenvalue weighted by Crippen LogP contribution is -2.15. The number of carboxylic acid groups (broad SMARTS) is 1. The van der Waals surface area contributed by atoms with Crippen molar-refractivity contribution in [2.45, 2.75) is 6.92 Å². The summed E-state index contributed by atoms with van der Waals surface area (Å²) < 4.78 is 13.4. The Bertz CT molecular complexity index is 980. The number of aryl methyl sites for hydroxylation is 1. The molecule has 0 radical (unpaired) electrons. The third kappa shape index (κ3) is 2.32. The number of ether oxygens (including phenoxy) is 2. The summed E-state index contributed by atoms with van der Waals surface area (Å²) in [6.07, 6.45) is 1.76. The second-order valence-electron chi connectivity index (χ2n) is 5.53. The molecule has 0 unspecified atom stereocenters. The van der Waals surface area contributed by atoms with Gasteiger partial charge < -0.3 is 14.6 Å². The predicted molar refractivity (Wildman–Crippen MR) is 91.0 cm³/mol. The minimum Gasteiger partial charge on any atom is -0.486 e. The van der Waals surface area contributed by atoms with Crippen LogP contribution in [0.3, 0.4) is 0 Å². The van der Waals surface area contributed by atoms with E-state index in [2.05, 4.69) is 20.9 Å². The van der Waals surface area contributed by atoms with Crippen molar-refractivity contribution in [3.8, 4) is 22.8 Å². The average molecular weight is 389 g/mol. The van der Waals surface area contributed by atoms with E-state index in [0.717, 1.165) is 10.0 Å². The van der Waals surface area contributed by atoms with Crippen LogP contribution >= 0.6 is 15.9 Å². The summed E-state index contributed by atoms with van der Waals surface area (Å²) in [5, 5.41) is 9.70. The van der Waals surface area contributed by atoms with Gasteiger partial charge in [0.05, 0.1) is 4.47 Å². The zero-order chi connectivity index (χ0) is 16.8. The molecular formula is C17H13BrN2O4. The number of pyridine rings is 1. The number of nitrogens with zero attached hydrogens (tertiary/aromatic N) is 2. The average Bonchev–Trinajstić information content (AvgIpc) is 2.94. The van der Waals surface area contributed by atoms with Crippen molar-refractivity contribution >= 4 is 27.5 Å². The summed E-state index contributed by atoms with van der Waals surface area (Å²) in [4.78, 5) is 16.4. The lowest BCUT2D eigenvalue weighted by molar-refractivity contribution is 0.0690. The summed E-state index contributed by atoms with van der Waals surface area (Å²) >= 11 is 3.46. The van der Waals surface area contributed by atoms with Gasteiger partial charge in [-0.1, -0.05) is 0 Å². The Hall–Kier alpha value is -2.54. The molecule has 4 rings (SSSR count). The molecule has 1 N–H and O–H groups in total. The fraction of sp³-hybridized carbons (Fsp3) is 0.176. The number of aromatic nitrogens is 2. The monoisotopic (exact) mass is 388 g/mol. The first-order chi connectivity index (χ1) is 11.5. The zero-order valence-electron chi connectivity index (χ0n) is 12.7. The van der Waals surface area contributed by atoms with E-state index < -0.39 is 5.97 Å². The van der Waals surface area contributed by atoms with E-state index in [9.17, 15) is 9.90 Å². The molecule has 0 fully saturated rings. The smallest absolute Gasteiger partial charge is 0.355 e. The van der Waals surface area contributed by atoms with Crippen molar-refractivity contribution in [2.75, 3.05) is 13.2 Å². The van der Waals surface area contributed by atoms with Gasteiger partial charge in [0.15, 0.2) is 22.8 Å². The van der Waals surface area contributed by atoms with Crippen molar-refractivity contribution in [3.05, 3.63) is 46.2 Å². The first-order valence-corrected chi connectivity index (χ1v) is 8.15. The first-order valence-electron chi connectivity index (χ1n) is 7.36. The van der Waals surface area contributed by atoms with E-state index in [1.54, 1.807) is 28.8 Å². The van der Waals surface area contributed by atoms with Gasteiger partial charge in [-0.3, -0.25) is 4.40 Å². The quantitative estimate of drug-likeness (QED) is 0.726. The summed E-state index contributed by atoms with van der Waals surface area (Å²) in [7, 11) is 0. The molecule has 0 aliphatic carbocycles. The van der Waals surface area contributed by atoms with Crippen LogP contribution in [-0.2, 0) is 0 Å². The van der Waals surface area contributed by atoms with E-state index in [1.807, 2.05) is 13.0 Å². The van der Waals surface area contributed by atoms with E-state index in [-0.39, 0.29) is 5.69 Å². The second kappa shape index (κ2) is 5.52. The molecule has 24 heavy (non-hydrogen) atoms. The maximum absolute atomic E-state index is 11.8. The van der Waals surface area contributed by atoms with Gasteiger partial charge in [0, 0.05) is 11.8 Å². The number of benzene rings is 1. The van der Waals surface area contributed by atoms with Gasteiger partial charge in [0.2, 0.25) is 0 Å². The zero-order valence-corrected chi connectivity index (χ0v) is 14.3. The molecule has 0 spiro atoms. The topological polar surface area (TPSA) is 73.1 Å². The van der Waals surface area contributed by atoms with Crippen LogP contribution in [0.25, 0.3) is 16.9 Å². The van der Waals surface area contributed by atoms with Crippen LogP contribution in [0.15, 0.2) is 34.9 Å². The third-order valence-electron chi connectivity index (χ3n) is 3.83. The third-order valence-corrected chi connectivity index (χ3v) is 4.41. The van der Waals surface area contributed by atoms with Crippen LogP contribution in [0.4, 0.5) is 0 Å². The summed E-state index contributed by atoms with van der Waals surface area (Å²) in [5.74, 6) is 0.218. The molecule has 3 heterocycles. The largest absolute Gasteiger partial charge is 0.486 e. The van der Waals surface area contributed by atoms with Crippen LogP contribution in [0.1, 0.15) is 16.1 Å². The SMILES string of the molecule is Cc1cc(Br)c2nc(-c3ccc4c(c3)OCCO4)c(C(=O)O)n2c1. The van der Waals surface area contributed by atoms with E-state index in [4.69, 9.17) is 9.47 Å². The first kappa shape index (κ1) is 15.0. The van der Waals surface area contributed by atoms with Crippen molar-refractivity contribution in [1.82, 2.24) is 9.38 Å². The number of carboxylic acids is 1. The van der Waals surface area contributed by atoms with Gasteiger partial charge in [-0.15, -0.1) is 0 Å². The fourth-order valence-electron chi connectivity index (χ4n) is 2.83.